The maximum absolute atomic E-state index is 13.2. The molecule has 0 aliphatic heterocycles. The summed E-state index contributed by atoms with van der Waals surface area (Å²) in [5.74, 6) is 0.664. The van der Waals surface area contributed by atoms with Crippen LogP contribution in [0.25, 0.3) is 0 Å². The van der Waals surface area contributed by atoms with Gasteiger partial charge in [0, 0.05) is 18.7 Å². The number of hydrogen-bond donors (Lipinski definition) is 1. The number of ether oxygens (including phenoxy) is 1. The zero-order chi connectivity index (χ0) is 11.4. The van der Waals surface area contributed by atoms with E-state index < -0.39 is 0 Å². The van der Waals surface area contributed by atoms with Gasteiger partial charge in [0.1, 0.15) is 5.82 Å². The van der Waals surface area contributed by atoms with E-state index in [1.807, 2.05) is 0 Å². The molecule has 0 spiro atoms. The molecule has 0 amide bonds. The minimum Gasteiger partial charge on any atom is -0.377 e. The maximum atomic E-state index is 13.2. The summed E-state index contributed by atoms with van der Waals surface area (Å²) in [7, 11) is 0. The van der Waals surface area contributed by atoms with E-state index in [0.717, 1.165) is 24.5 Å². The minimum absolute atomic E-state index is 0.232. The molecule has 1 aliphatic carbocycles. The highest BCUT2D eigenvalue weighted by Gasteiger charge is 2.20. The van der Waals surface area contributed by atoms with Gasteiger partial charge < -0.3 is 10.5 Å². The first-order valence-electron chi connectivity index (χ1n) is 5.84. The molecular weight excluding hydrogens is 205 g/mol. The zero-order valence-electron chi connectivity index (χ0n) is 9.42. The molecule has 0 unspecified atom stereocenters. The lowest BCUT2D eigenvalue weighted by Crippen LogP contribution is -2.02. The van der Waals surface area contributed by atoms with Crippen LogP contribution in [0.2, 0.25) is 0 Å². The molecule has 3 heteroatoms. The third kappa shape index (κ3) is 3.29. The van der Waals surface area contributed by atoms with E-state index in [2.05, 4.69) is 0 Å². The Morgan fingerprint density at radius 2 is 2.19 bits per heavy atom. The summed E-state index contributed by atoms with van der Waals surface area (Å²) >= 11 is 0. The third-order valence-electron chi connectivity index (χ3n) is 2.97. The third-order valence-corrected chi connectivity index (χ3v) is 2.97. The molecule has 1 aromatic carbocycles. The van der Waals surface area contributed by atoms with Crippen molar-refractivity contribution in [2.24, 2.45) is 11.7 Å². The van der Waals surface area contributed by atoms with Gasteiger partial charge in [0.25, 0.3) is 0 Å². The average molecular weight is 223 g/mol. The smallest absolute Gasteiger partial charge is 0.127 e. The molecule has 0 radical (unpaired) electrons. The van der Waals surface area contributed by atoms with Crippen LogP contribution < -0.4 is 5.73 Å². The molecule has 0 saturated heterocycles. The van der Waals surface area contributed by atoms with Crippen LogP contribution in [-0.4, -0.2) is 6.61 Å². The second-order valence-electron chi connectivity index (χ2n) is 4.41. The Bertz CT molecular complexity index is 350. The van der Waals surface area contributed by atoms with Crippen molar-refractivity contribution >= 4 is 0 Å². The predicted octanol–water partition coefficient (Wildman–Crippen LogP) is 2.60. The standard InChI is InChI=1S/C13H18FNO/c14-13-4-3-11(7-12(13)8-15)9-16-6-5-10-1-2-10/h3-4,7,10H,1-2,5-6,8-9,15H2. The van der Waals surface area contributed by atoms with Gasteiger partial charge in [0.2, 0.25) is 0 Å². The first-order valence-corrected chi connectivity index (χ1v) is 5.84. The van der Waals surface area contributed by atoms with Gasteiger partial charge in [-0.1, -0.05) is 18.9 Å². The Morgan fingerprint density at radius 3 is 2.88 bits per heavy atom. The second kappa shape index (κ2) is 5.41. The van der Waals surface area contributed by atoms with Gasteiger partial charge in [0.05, 0.1) is 6.61 Å². The summed E-state index contributed by atoms with van der Waals surface area (Å²) < 4.78 is 18.7. The summed E-state index contributed by atoms with van der Waals surface area (Å²) in [4.78, 5) is 0. The van der Waals surface area contributed by atoms with Crippen LogP contribution in [0.4, 0.5) is 4.39 Å². The Kier molecular flexibility index (Phi) is 3.91. The lowest BCUT2D eigenvalue weighted by Gasteiger charge is -2.06. The summed E-state index contributed by atoms with van der Waals surface area (Å²) in [6, 6.07) is 5.00. The highest BCUT2D eigenvalue weighted by molar-refractivity contribution is 5.24. The fourth-order valence-electron chi connectivity index (χ4n) is 1.72. The molecule has 1 aromatic rings. The topological polar surface area (TPSA) is 35.2 Å². The summed E-state index contributed by atoms with van der Waals surface area (Å²) in [5.41, 5.74) is 7.00. The zero-order valence-corrected chi connectivity index (χ0v) is 9.42. The highest BCUT2D eigenvalue weighted by atomic mass is 19.1. The normalized spacial score (nSPS) is 15.4. The molecule has 1 aliphatic rings. The Balaban J connectivity index is 1.78. The van der Waals surface area contributed by atoms with Gasteiger partial charge in [-0.2, -0.15) is 0 Å². The highest BCUT2D eigenvalue weighted by Crippen LogP contribution is 2.32. The predicted molar refractivity (Wildman–Crippen MR) is 61.3 cm³/mol. The van der Waals surface area contributed by atoms with Crippen LogP contribution in [-0.2, 0) is 17.9 Å². The molecular formula is C13H18FNO. The van der Waals surface area contributed by atoms with E-state index >= 15 is 0 Å². The average Bonchev–Trinajstić information content (AvgIpc) is 3.10. The van der Waals surface area contributed by atoms with Crippen molar-refractivity contribution in [3.05, 3.63) is 35.1 Å². The molecule has 88 valence electrons. The largest absolute Gasteiger partial charge is 0.377 e. The first-order chi connectivity index (χ1) is 7.79. The van der Waals surface area contributed by atoms with Gasteiger partial charge in [-0.25, -0.2) is 4.39 Å². The Hall–Kier alpha value is -0.930. The summed E-state index contributed by atoms with van der Waals surface area (Å²) in [6.45, 7) is 1.60. The van der Waals surface area contributed by atoms with Crippen molar-refractivity contribution in [2.75, 3.05) is 6.61 Å². The minimum atomic E-state index is -0.232. The van der Waals surface area contributed by atoms with Gasteiger partial charge in [-0.3, -0.25) is 0 Å². The fraction of sp³-hybridized carbons (Fsp3) is 0.538. The lowest BCUT2D eigenvalue weighted by molar-refractivity contribution is 0.115. The number of halogens is 1. The molecule has 0 aromatic heterocycles. The van der Waals surface area contributed by atoms with Crippen LogP contribution in [0, 0.1) is 11.7 Å². The van der Waals surface area contributed by atoms with Crippen LogP contribution in [0.5, 0.6) is 0 Å². The first kappa shape index (κ1) is 11.6. The monoisotopic (exact) mass is 223 g/mol. The number of nitrogens with two attached hydrogens (primary N) is 1. The van der Waals surface area contributed by atoms with Crippen molar-refractivity contribution in [3.63, 3.8) is 0 Å². The maximum Gasteiger partial charge on any atom is 0.127 e. The van der Waals surface area contributed by atoms with Crippen LogP contribution in [0.3, 0.4) is 0 Å². The summed E-state index contributed by atoms with van der Waals surface area (Å²) in [5, 5.41) is 0. The molecule has 1 saturated carbocycles. The van der Waals surface area contributed by atoms with E-state index in [1.54, 1.807) is 12.1 Å². The SMILES string of the molecule is NCc1cc(COCCC2CC2)ccc1F. The van der Waals surface area contributed by atoms with E-state index in [-0.39, 0.29) is 12.4 Å². The number of hydrogen-bond acceptors (Lipinski definition) is 2. The second-order valence-corrected chi connectivity index (χ2v) is 4.41. The number of benzene rings is 1. The molecule has 0 atom stereocenters. The van der Waals surface area contributed by atoms with Crippen molar-refractivity contribution in [3.8, 4) is 0 Å². The Labute approximate surface area is 95.6 Å². The molecule has 16 heavy (non-hydrogen) atoms. The quantitative estimate of drug-likeness (QED) is 0.752. The lowest BCUT2D eigenvalue weighted by atomic mass is 10.1. The van der Waals surface area contributed by atoms with Crippen molar-refractivity contribution in [2.45, 2.75) is 32.4 Å². The number of rotatable bonds is 6. The van der Waals surface area contributed by atoms with E-state index in [0.29, 0.717) is 12.2 Å². The summed E-state index contributed by atoms with van der Waals surface area (Å²) in [6.07, 6.45) is 3.87. The molecule has 2 N–H and O–H groups in total. The van der Waals surface area contributed by atoms with Crippen LogP contribution >= 0.6 is 0 Å². The van der Waals surface area contributed by atoms with Gasteiger partial charge in [-0.15, -0.1) is 0 Å². The fourth-order valence-corrected chi connectivity index (χ4v) is 1.72. The molecule has 2 nitrogen and oxygen atoms in total. The van der Waals surface area contributed by atoms with Crippen molar-refractivity contribution in [1.82, 2.24) is 0 Å². The molecule has 0 bridgehead atoms. The van der Waals surface area contributed by atoms with Crippen molar-refractivity contribution in [1.29, 1.82) is 0 Å². The van der Waals surface area contributed by atoms with E-state index in [1.165, 1.54) is 18.9 Å². The van der Waals surface area contributed by atoms with Gasteiger partial charge in [0.15, 0.2) is 0 Å². The molecule has 0 heterocycles. The van der Waals surface area contributed by atoms with Gasteiger partial charge in [-0.05, 0) is 30.0 Å². The van der Waals surface area contributed by atoms with Gasteiger partial charge >= 0.3 is 0 Å². The van der Waals surface area contributed by atoms with Crippen LogP contribution in [0.1, 0.15) is 30.4 Å². The Morgan fingerprint density at radius 1 is 1.38 bits per heavy atom. The molecule has 1 fully saturated rings. The van der Waals surface area contributed by atoms with Crippen molar-refractivity contribution < 1.29 is 9.13 Å². The van der Waals surface area contributed by atoms with Crippen LogP contribution in [0.15, 0.2) is 18.2 Å². The molecule has 2 rings (SSSR count). The van der Waals surface area contributed by atoms with E-state index in [4.69, 9.17) is 10.5 Å². The van der Waals surface area contributed by atoms with E-state index in [9.17, 15) is 4.39 Å².